The van der Waals surface area contributed by atoms with Gasteiger partial charge in [0.05, 0.1) is 12.5 Å². The summed E-state index contributed by atoms with van der Waals surface area (Å²) in [7, 11) is 0. The van der Waals surface area contributed by atoms with Gasteiger partial charge in [0.15, 0.2) is 0 Å². The Bertz CT molecular complexity index is 187. The number of hydrogen-bond donors (Lipinski definition) is 1. The highest BCUT2D eigenvalue weighted by molar-refractivity contribution is 5.73. The first-order valence-electron chi connectivity index (χ1n) is 5.26. The van der Waals surface area contributed by atoms with Gasteiger partial charge in [-0.1, -0.05) is 0 Å². The van der Waals surface area contributed by atoms with Gasteiger partial charge in [0.2, 0.25) is 0 Å². The number of esters is 1. The first kappa shape index (κ1) is 9.00. The van der Waals surface area contributed by atoms with Crippen LogP contribution in [0.25, 0.3) is 0 Å². The van der Waals surface area contributed by atoms with Gasteiger partial charge in [-0.15, -0.1) is 0 Å². The van der Waals surface area contributed by atoms with Gasteiger partial charge in [-0.3, -0.25) is 4.79 Å². The molecule has 0 spiro atoms. The van der Waals surface area contributed by atoms with Crippen LogP contribution in [0.3, 0.4) is 0 Å². The summed E-state index contributed by atoms with van der Waals surface area (Å²) in [6.45, 7) is 1.75. The number of rotatable bonds is 2. The van der Waals surface area contributed by atoms with Crippen molar-refractivity contribution in [1.82, 2.24) is 5.32 Å². The Labute approximate surface area is 78.8 Å². The fraction of sp³-hybridized carbons (Fsp3) is 0.900. The highest BCUT2D eigenvalue weighted by Gasteiger charge is 2.28. The van der Waals surface area contributed by atoms with E-state index in [0.29, 0.717) is 12.6 Å². The maximum Gasteiger partial charge on any atom is 0.308 e. The van der Waals surface area contributed by atoms with Crippen LogP contribution in [0.15, 0.2) is 0 Å². The van der Waals surface area contributed by atoms with E-state index in [-0.39, 0.29) is 11.9 Å². The lowest BCUT2D eigenvalue weighted by Crippen LogP contribution is -2.31. The van der Waals surface area contributed by atoms with Gasteiger partial charge in [0.1, 0.15) is 0 Å². The number of nitrogens with one attached hydrogen (secondary N) is 1. The topological polar surface area (TPSA) is 38.3 Å². The van der Waals surface area contributed by atoms with Crippen molar-refractivity contribution >= 4 is 5.97 Å². The number of hydrogen-bond acceptors (Lipinski definition) is 3. The molecule has 2 unspecified atom stereocenters. The van der Waals surface area contributed by atoms with E-state index in [1.165, 1.54) is 12.8 Å². The average Bonchev–Trinajstić information content (AvgIpc) is 2.61. The predicted octanol–water partition coefficient (Wildman–Crippen LogP) is 1.08. The van der Waals surface area contributed by atoms with Crippen LogP contribution in [-0.4, -0.2) is 25.2 Å². The van der Waals surface area contributed by atoms with E-state index in [1.54, 1.807) is 0 Å². The molecule has 3 nitrogen and oxygen atoms in total. The van der Waals surface area contributed by atoms with E-state index in [9.17, 15) is 4.79 Å². The Morgan fingerprint density at radius 2 is 2.31 bits per heavy atom. The van der Waals surface area contributed by atoms with Crippen molar-refractivity contribution in [3.63, 3.8) is 0 Å². The third kappa shape index (κ3) is 2.21. The van der Waals surface area contributed by atoms with Gasteiger partial charge in [-0.05, 0) is 38.6 Å². The molecule has 0 saturated carbocycles. The zero-order valence-electron chi connectivity index (χ0n) is 7.92. The molecule has 3 heteroatoms. The average molecular weight is 183 g/mol. The fourth-order valence-electron chi connectivity index (χ4n) is 2.25. The molecule has 0 aliphatic carbocycles. The maximum atomic E-state index is 11.3. The number of cyclic esters (lactones) is 1. The highest BCUT2D eigenvalue weighted by Crippen LogP contribution is 2.23. The molecule has 2 rings (SSSR count). The monoisotopic (exact) mass is 183 g/mol. The van der Waals surface area contributed by atoms with Crippen molar-refractivity contribution in [2.75, 3.05) is 13.2 Å². The van der Waals surface area contributed by atoms with Crippen LogP contribution in [-0.2, 0) is 9.53 Å². The molecular weight excluding hydrogens is 166 g/mol. The van der Waals surface area contributed by atoms with Gasteiger partial charge >= 0.3 is 5.97 Å². The second-order valence-corrected chi connectivity index (χ2v) is 4.04. The lowest BCUT2D eigenvalue weighted by Gasteiger charge is -2.23. The number of ether oxygens (including phenoxy) is 1. The molecule has 0 aromatic rings. The van der Waals surface area contributed by atoms with Crippen LogP contribution in [0.4, 0.5) is 0 Å². The molecule has 0 aromatic heterocycles. The Morgan fingerprint density at radius 3 is 3.00 bits per heavy atom. The van der Waals surface area contributed by atoms with Crippen LogP contribution < -0.4 is 5.32 Å². The van der Waals surface area contributed by atoms with Crippen LogP contribution in [0, 0.1) is 5.92 Å². The second-order valence-electron chi connectivity index (χ2n) is 4.04. The maximum absolute atomic E-state index is 11.3. The summed E-state index contributed by atoms with van der Waals surface area (Å²) >= 11 is 0. The first-order valence-corrected chi connectivity index (χ1v) is 5.26. The Hall–Kier alpha value is -0.570. The molecule has 0 amide bonds. The molecule has 13 heavy (non-hydrogen) atoms. The van der Waals surface area contributed by atoms with Gasteiger partial charge in [-0.25, -0.2) is 0 Å². The molecule has 2 saturated heterocycles. The minimum atomic E-state index is 0.0277. The van der Waals surface area contributed by atoms with E-state index < -0.39 is 0 Å². The van der Waals surface area contributed by atoms with E-state index in [1.807, 2.05) is 0 Å². The Morgan fingerprint density at radius 1 is 1.38 bits per heavy atom. The SMILES string of the molecule is O=C1OCCCC1CC1CCCN1. The minimum Gasteiger partial charge on any atom is -0.465 e. The van der Waals surface area contributed by atoms with Crippen LogP contribution in [0.5, 0.6) is 0 Å². The molecule has 0 bridgehead atoms. The standard InChI is InChI=1S/C10H17NO2/c12-10-8(3-2-6-13-10)7-9-4-1-5-11-9/h8-9,11H,1-7H2. The first-order chi connectivity index (χ1) is 6.36. The van der Waals surface area contributed by atoms with Gasteiger partial charge in [0, 0.05) is 6.04 Å². The summed E-state index contributed by atoms with van der Waals surface area (Å²) in [5.74, 6) is 0.198. The smallest absolute Gasteiger partial charge is 0.308 e. The zero-order chi connectivity index (χ0) is 9.10. The molecule has 1 N–H and O–H groups in total. The van der Waals surface area contributed by atoms with Crippen molar-refractivity contribution in [1.29, 1.82) is 0 Å². The van der Waals surface area contributed by atoms with Crippen molar-refractivity contribution in [2.24, 2.45) is 5.92 Å². The van der Waals surface area contributed by atoms with Crippen molar-refractivity contribution in [3.8, 4) is 0 Å². The van der Waals surface area contributed by atoms with E-state index in [2.05, 4.69) is 5.32 Å². The largest absolute Gasteiger partial charge is 0.465 e. The number of carbonyl (C=O) groups is 1. The normalized spacial score (nSPS) is 34.6. The molecule has 2 fully saturated rings. The van der Waals surface area contributed by atoms with Gasteiger partial charge < -0.3 is 10.1 Å². The molecule has 2 aliphatic rings. The van der Waals surface area contributed by atoms with Crippen LogP contribution in [0.2, 0.25) is 0 Å². The quantitative estimate of drug-likeness (QED) is 0.651. The van der Waals surface area contributed by atoms with Gasteiger partial charge in [0.25, 0.3) is 0 Å². The van der Waals surface area contributed by atoms with Crippen LogP contribution >= 0.6 is 0 Å². The van der Waals surface area contributed by atoms with Crippen molar-refractivity contribution in [2.45, 2.75) is 38.1 Å². The second kappa shape index (κ2) is 4.09. The molecule has 2 atom stereocenters. The molecule has 2 heterocycles. The third-order valence-electron chi connectivity index (χ3n) is 3.01. The predicted molar refractivity (Wildman–Crippen MR) is 49.3 cm³/mol. The summed E-state index contributed by atoms with van der Waals surface area (Å²) < 4.78 is 5.03. The van der Waals surface area contributed by atoms with E-state index >= 15 is 0 Å². The van der Waals surface area contributed by atoms with Crippen molar-refractivity contribution in [3.05, 3.63) is 0 Å². The Balaban J connectivity index is 1.81. The van der Waals surface area contributed by atoms with E-state index in [4.69, 9.17) is 4.74 Å². The fourth-order valence-corrected chi connectivity index (χ4v) is 2.25. The van der Waals surface area contributed by atoms with E-state index in [0.717, 1.165) is 25.8 Å². The van der Waals surface area contributed by atoms with Gasteiger partial charge in [-0.2, -0.15) is 0 Å². The molecule has 74 valence electrons. The summed E-state index contributed by atoms with van der Waals surface area (Å²) in [4.78, 5) is 11.3. The minimum absolute atomic E-state index is 0.0277. The molecule has 2 aliphatic heterocycles. The summed E-state index contributed by atoms with van der Waals surface area (Å²) in [6, 6.07) is 0.565. The third-order valence-corrected chi connectivity index (χ3v) is 3.01. The lowest BCUT2D eigenvalue weighted by atomic mass is 9.93. The summed E-state index contributed by atoms with van der Waals surface area (Å²) in [5, 5.41) is 3.42. The van der Waals surface area contributed by atoms with Crippen molar-refractivity contribution < 1.29 is 9.53 Å². The highest BCUT2D eigenvalue weighted by atomic mass is 16.5. The molecule has 0 aromatic carbocycles. The number of carbonyl (C=O) groups excluding carboxylic acids is 1. The zero-order valence-corrected chi connectivity index (χ0v) is 7.92. The molecule has 0 radical (unpaired) electrons. The molecular formula is C10H17NO2. The van der Waals surface area contributed by atoms with Crippen LogP contribution in [0.1, 0.15) is 32.1 Å². The summed E-state index contributed by atoms with van der Waals surface area (Å²) in [5.41, 5.74) is 0. The Kier molecular flexibility index (Phi) is 2.83. The lowest BCUT2D eigenvalue weighted by molar-refractivity contribution is -0.153. The summed E-state index contributed by atoms with van der Waals surface area (Å²) in [6.07, 6.45) is 5.54.